The van der Waals surface area contributed by atoms with Crippen LogP contribution in [0, 0.1) is 0 Å². The van der Waals surface area contributed by atoms with Crippen molar-refractivity contribution in [2.45, 2.75) is 12.3 Å². The van der Waals surface area contributed by atoms with E-state index in [-0.39, 0.29) is 10.7 Å². The fourth-order valence-corrected chi connectivity index (χ4v) is 0.955. The predicted molar refractivity (Wildman–Crippen MR) is 45.5 cm³/mol. The standard InChI is InChI=1S/C8H6ClF2NO2/c9-6-2-1-5(4-12-6)3-8(10,11)7(13)14/h1-2,4H,3H2,(H,13,14). The van der Waals surface area contributed by atoms with E-state index in [4.69, 9.17) is 16.7 Å². The summed E-state index contributed by atoms with van der Waals surface area (Å²) in [7, 11) is 0. The van der Waals surface area contributed by atoms with Gasteiger partial charge in [0.25, 0.3) is 0 Å². The van der Waals surface area contributed by atoms with Crippen molar-refractivity contribution in [2.75, 3.05) is 0 Å². The molecule has 0 amide bonds. The van der Waals surface area contributed by atoms with Crippen molar-refractivity contribution in [1.29, 1.82) is 0 Å². The fourth-order valence-electron chi connectivity index (χ4n) is 0.843. The van der Waals surface area contributed by atoms with E-state index >= 15 is 0 Å². The Morgan fingerprint density at radius 1 is 1.57 bits per heavy atom. The Kier molecular flexibility index (Phi) is 3.00. The number of hydrogen-bond donors (Lipinski definition) is 1. The molecule has 0 aliphatic rings. The van der Waals surface area contributed by atoms with Crippen LogP contribution in [0.15, 0.2) is 18.3 Å². The summed E-state index contributed by atoms with van der Waals surface area (Å²) in [5, 5.41) is 8.33. The van der Waals surface area contributed by atoms with Crippen LogP contribution in [-0.2, 0) is 11.2 Å². The molecule has 0 saturated heterocycles. The van der Waals surface area contributed by atoms with Gasteiger partial charge in [-0.3, -0.25) is 0 Å². The summed E-state index contributed by atoms with van der Waals surface area (Å²) >= 11 is 5.43. The molecule has 0 aliphatic heterocycles. The van der Waals surface area contributed by atoms with Crippen molar-refractivity contribution >= 4 is 17.6 Å². The molecule has 14 heavy (non-hydrogen) atoms. The van der Waals surface area contributed by atoms with Gasteiger partial charge in [-0.15, -0.1) is 0 Å². The van der Waals surface area contributed by atoms with Gasteiger partial charge in [0, 0.05) is 12.6 Å². The molecular weight excluding hydrogens is 216 g/mol. The molecule has 1 heterocycles. The zero-order valence-corrected chi connectivity index (χ0v) is 7.63. The quantitative estimate of drug-likeness (QED) is 0.795. The van der Waals surface area contributed by atoms with Crippen LogP contribution >= 0.6 is 11.6 Å². The van der Waals surface area contributed by atoms with Crippen molar-refractivity contribution in [3.8, 4) is 0 Å². The van der Waals surface area contributed by atoms with Gasteiger partial charge in [0.15, 0.2) is 0 Å². The number of alkyl halides is 2. The summed E-state index contributed by atoms with van der Waals surface area (Å²) in [4.78, 5) is 13.7. The molecule has 0 unspecified atom stereocenters. The van der Waals surface area contributed by atoms with Crippen molar-refractivity contribution in [1.82, 2.24) is 4.98 Å². The number of rotatable bonds is 3. The Bertz CT molecular complexity index is 340. The first-order valence-corrected chi connectivity index (χ1v) is 4.01. The molecule has 3 nitrogen and oxygen atoms in total. The zero-order valence-electron chi connectivity index (χ0n) is 6.88. The predicted octanol–water partition coefficient (Wildman–Crippen LogP) is 2.00. The van der Waals surface area contributed by atoms with Crippen LogP contribution in [0.3, 0.4) is 0 Å². The minimum absolute atomic E-state index is 0.127. The lowest BCUT2D eigenvalue weighted by Crippen LogP contribution is -2.30. The molecule has 0 saturated carbocycles. The van der Waals surface area contributed by atoms with Crippen LogP contribution in [0.25, 0.3) is 0 Å². The van der Waals surface area contributed by atoms with Gasteiger partial charge in [-0.1, -0.05) is 17.7 Å². The highest BCUT2D eigenvalue weighted by molar-refractivity contribution is 6.29. The number of carboxylic acid groups (broad SMARTS) is 1. The Labute approximate surface area is 83.3 Å². The molecule has 6 heteroatoms. The number of halogens is 3. The lowest BCUT2D eigenvalue weighted by atomic mass is 10.1. The van der Waals surface area contributed by atoms with Gasteiger partial charge in [-0.05, 0) is 11.6 Å². The molecule has 1 rings (SSSR count). The molecule has 1 aromatic heterocycles. The molecule has 0 bridgehead atoms. The van der Waals surface area contributed by atoms with Crippen LogP contribution < -0.4 is 0 Å². The zero-order chi connectivity index (χ0) is 10.8. The van der Waals surface area contributed by atoms with Crippen LogP contribution in [0.2, 0.25) is 5.15 Å². The minimum atomic E-state index is -3.77. The van der Waals surface area contributed by atoms with E-state index in [9.17, 15) is 13.6 Å². The number of pyridine rings is 1. The number of carbonyl (C=O) groups is 1. The smallest absolute Gasteiger partial charge is 0.374 e. The maximum absolute atomic E-state index is 12.7. The molecule has 0 fully saturated rings. The highest BCUT2D eigenvalue weighted by Crippen LogP contribution is 2.20. The molecule has 0 spiro atoms. The lowest BCUT2D eigenvalue weighted by Gasteiger charge is -2.10. The van der Waals surface area contributed by atoms with E-state index in [1.165, 1.54) is 12.1 Å². The van der Waals surface area contributed by atoms with Crippen LogP contribution in [0.5, 0.6) is 0 Å². The van der Waals surface area contributed by atoms with Gasteiger partial charge in [-0.25, -0.2) is 9.78 Å². The second kappa shape index (κ2) is 3.88. The Balaban J connectivity index is 2.79. The minimum Gasteiger partial charge on any atom is -0.477 e. The summed E-state index contributed by atoms with van der Waals surface area (Å²) in [5.41, 5.74) is 0.127. The average Bonchev–Trinajstić information content (AvgIpc) is 2.08. The third kappa shape index (κ3) is 2.63. The highest BCUT2D eigenvalue weighted by atomic mass is 35.5. The van der Waals surface area contributed by atoms with Crippen LogP contribution in [-0.4, -0.2) is 22.0 Å². The Morgan fingerprint density at radius 3 is 2.64 bits per heavy atom. The molecule has 0 atom stereocenters. The van der Waals surface area contributed by atoms with E-state index in [1.807, 2.05) is 0 Å². The third-order valence-electron chi connectivity index (χ3n) is 1.53. The summed E-state index contributed by atoms with van der Waals surface area (Å²) in [6.07, 6.45) is 0.242. The van der Waals surface area contributed by atoms with E-state index in [2.05, 4.69) is 4.98 Å². The number of carboxylic acids is 1. The Morgan fingerprint density at radius 2 is 2.21 bits per heavy atom. The van der Waals surface area contributed by atoms with Gasteiger partial charge in [0.05, 0.1) is 0 Å². The second-order valence-corrected chi connectivity index (χ2v) is 3.06. The Hall–Kier alpha value is -1.23. The summed E-state index contributed by atoms with van der Waals surface area (Å²) in [5.74, 6) is -5.91. The van der Waals surface area contributed by atoms with Crippen LogP contribution in [0.1, 0.15) is 5.56 Å². The molecule has 0 aliphatic carbocycles. The maximum atomic E-state index is 12.7. The first-order chi connectivity index (χ1) is 6.42. The number of aromatic nitrogens is 1. The topological polar surface area (TPSA) is 50.2 Å². The lowest BCUT2D eigenvalue weighted by molar-refractivity contribution is -0.164. The maximum Gasteiger partial charge on any atom is 0.374 e. The van der Waals surface area contributed by atoms with Crippen molar-refractivity contribution in [3.05, 3.63) is 29.0 Å². The summed E-state index contributed by atoms with van der Waals surface area (Å²) < 4.78 is 25.3. The molecule has 0 aromatic carbocycles. The van der Waals surface area contributed by atoms with Gasteiger partial charge in [-0.2, -0.15) is 8.78 Å². The largest absolute Gasteiger partial charge is 0.477 e. The first-order valence-electron chi connectivity index (χ1n) is 3.63. The van der Waals surface area contributed by atoms with E-state index in [1.54, 1.807) is 0 Å². The SMILES string of the molecule is O=C(O)C(F)(F)Cc1ccc(Cl)nc1. The van der Waals surface area contributed by atoms with Gasteiger partial charge in [0.2, 0.25) is 0 Å². The number of aliphatic carboxylic acids is 1. The molecular formula is C8H6ClF2NO2. The van der Waals surface area contributed by atoms with Gasteiger partial charge >= 0.3 is 11.9 Å². The molecule has 1 aromatic rings. The number of hydrogen-bond acceptors (Lipinski definition) is 2. The highest BCUT2D eigenvalue weighted by Gasteiger charge is 2.38. The first kappa shape index (κ1) is 10.8. The summed E-state index contributed by atoms with van der Waals surface area (Å²) in [6, 6.07) is 2.64. The normalized spacial score (nSPS) is 11.4. The monoisotopic (exact) mass is 221 g/mol. The van der Waals surface area contributed by atoms with E-state index in [0.717, 1.165) is 6.20 Å². The second-order valence-electron chi connectivity index (χ2n) is 2.68. The molecule has 1 N–H and O–H groups in total. The van der Waals surface area contributed by atoms with Crippen molar-refractivity contribution < 1.29 is 18.7 Å². The summed E-state index contributed by atoms with van der Waals surface area (Å²) in [6.45, 7) is 0. The average molecular weight is 222 g/mol. The van der Waals surface area contributed by atoms with E-state index in [0.29, 0.717) is 0 Å². The molecule has 0 radical (unpaired) electrons. The van der Waals surface area contributed by atoms with E-state index < -0.39 is 18.3 Å². The fraction of sp³-hybridized carbons (Fsp3) is 0.250. The molecule has 76 valence electrons. The van der Waals surface area contributed by atoms with Crippen molar-refractivity contribution in [2.24, 2.45) is 0 Å². The van der Waals surface area contributed by atoms with Gasteiger partial charge in [0.1, 0.15) is 5.15 Å². The number of nitrogens with zero attached hydrogens (tertiary/aromatic N) is 1. The van der Waals surface area contributed by atoms with Crippen molar-refractivity contribution in [3.63, 3.8) is 0 Å². The van der Waals surface area contributed by atoms with Gasteiger partial charge < -0.3 is 5.11 Å². The van der Waals surface area contributed by atoms with Crippen LogP contribution in [0.4, 0.5) is 8.78 Å². The third-order valence-corrected chi connectivity index (χ3v) is 1.75.